The highest BCUT2D eigenvalue weighted by Gasteiger charge is 2.31. The number of amides is 2. The Kier molecular flexibility index (Phi) is 8.93. The Balaban J connectivity index is 1.99. The Hall–Kier alpha value is -2.82. The number of rotatable bonds is 9. The van der Waals surface area contributed by atoms with Crippen LogP contribution in [0.3, 0.4) is 0 Å². The van der Waals surface area contributed by atoms with Crippen LogP contribution in [0, 0.1) is 0 Å². The van der Waals surface area contributed by atoms with Crippen LogP contribution in [-0.4, -0.2) is 28.8 Å². The van der Waals surface area contributed by atoms with Crippen LogP contribution >= 0.6 is 23.2 Å². The van der Waals surface area contributed by atoms with Crippen molar-refractivity contribution >= 4 is 35.0 Å². The highest BCUT2D eigenvalue weighted by atomic mass is 35.5. The van der Waals surface area contributed by atoms with E-state index in [1.54, 1.807) is 23.1 Å². The molecule has 0 saturated carbocycles. The minimum absolute atomic E-state index is 0.00554. The van der Waals surface area contributed by atoms with Crippen LogP contribution in [0.25, 0.3) is 0 Å². The molecule has 172 valence electrons. The summed E-state index contributed by atoms with van der Waals surface area (Å²) in [6.07, 6.45) is 0.403. The van der Waals surface area contributed by atoms with Gasteiger partial charge >= 0.3 is 0 Å². The molecular formula is C27H28Cl2N2O2. The summed E-state index contributed by atoms with van der Waals surface area (Å²) in [6.45, 7) is 4.11. The molecule has 0 aliphatic carbocycles. The summed E-state index contributed by atoms with van der Waals surface area (Å²) in [5, 5.41) is 3.85. The van der Waals surface area contributed by atoms with Crippen LogP contribution in [0.2, 0.25) is 10.0 Å². The van der Waals surface area contributed by atoms with Gasteiger partial charge in [-0.15, -0.1) is 0 Å². The first-order valence-corrected chi connectivity index (χ1v) is 11.7. The Morgan fingerprint density at radius 3 is 1.91 bits per heavy atom. The molecule has 0 aliphatic rings. The van der Waals surface area contributed by atoms with Gasteiger partial charge in [0.1, 0.15) is 6.04 Å². The molecule has 0 aromatic heterocycles. The molecular weight excluding hydrogens is 455 g/mol. The molecule has 2 amide bonds. The van der Waals surface area contributed by atoms with E-state index in [0.29, 0.717) is 28.6 Å². The van der Waals surface area contributed by atoms with Crippen LogP contribution in [0.15, 0.2) is 78.9 Å². The molecule has 0 bridgehead atoms. The Morgan fingerprint density at radius 1 is 0.818 bits per heavy atom. The SMILES string of the molecule is CC(C)NC(=O)C(Cc1ccccc1)N(Cc1ccccc1)C(=O)Cc1c(Cl)cccc1Cl. The van der Waals surface area contributed by atoms with Gasteiger partial charge in [0.2, 0.25) is 11.8 Å². The molecule has 0 saturated heterocycles. The molecule has 1 N–H and O–H groups in total. The summed E-state index contributed by atoms with van der Waals surface area (Å²) >= 11 is 12.7. The highest BCUT2D eigenvalue weighted by molar-refractivity contribution is 6.36. The van der Waals surface area contributed by atoms with E-state index in [0.717, 1.165) is 11.1 Å². The smallest absolute Gasteiger partial charge is 0.243 e. The van der Waals surface area contributed by atoms with Crippen molar-refractivity contribution in [3.63, 3.8) is 0 Å². The molecule has 0 heterocycles. The van der Waals surface area contributed by atoms with Crippen LogP contribution < -0.4 is 5.32 Å². The first-order valence-electron chi connectivity index (χ1n) is 11.0. The minimum atomic E-state index is -0.691. The fourth-order valence-electron chi connectivity index (χ4n) is 3.67. The van der Waals surface area contributed by atoms with E-state index >= 15 is 0 Å². The number of halogens is 2. The zero-order valence-electron chi connectivity index (χ0n) is 18.8. The minimum Gasteiger partial charge on any atom is -0.352 e. The van der Waals surface area contributed by atoms with Crippen molar-refractivity contribution in [2.45, 2.75) is 45.3 Å². The number of carbonyl (C=O) groups is 2. The lowest BCUT2D eigenvalue weighted by molar-refractivity contribution is -0.141. The second kappa shape index (κ2) is 11.9. The second-order valence-corrected chi connectivity index (χ2v) is 9.07. The van der Waals surface area contributed by atoms with Crippen molar-refractivity contribution in [2.24, 2.45) is 0 Å². The summed E-state index contributed by atoms with van der Waals surface area (Å²) in [4.78, 5) is 28.6. The van der Waals surface area contributed by atoms with Gasteiger partial charge in [0.15, 0.2) is 0 Å². The van der Waals surface area contributed by atoms with Gasteiger partial charge in [0.25, 0.3) is 0 Å². The monoisotopic (exact) mass is 482 g/mol. The van der Waals surface area contributed by atoms with E-state index in [4.69, 9.17) is 23.2 Å². The van der Waals surface area contributed by atoms with Crippen molar-refractivity contribution in [3.8, 4) is 0 Å². The third-order valence-electron chi connectivity index (χ3n) is 5.29. The lowest BCUT2D eigenvalue weighted by atomic mass is 10.0. The van der Waals surface area contributed by atoms with Crippen molar-refractivity contribution in [1.82, 2.24) is 10.2 Å². The molecule has 0 fully saturated rings. The van der Waals surface area contributed by atoms with Gasteiger partial charge in [-0.2, -0.15) is 0 Å². The van der Waals surface area contributed by atoms with Gasteiger partial charge in [-0.05, 0) is 42.7 Å². The zero-order valence-corrected chi connectivity index (χ0v) is 20.3. The Labute approximate surface area is 205 Å². The molecule has 33 heavy (non-hydrogen) atoms. The third kappa shape index (κ3) is 7.08. The molecule has 0 radical (unpaired) electrons. The summed E-state index contributed by atoms with van der Waals surface area (Å²) < 4.78 is 0. The number of nitrogens with zero attached hydrogens (tertiary/aromatic N) is 1. The van der Waals surface area contributed by atoms with E-state index in [9.17, 15) is 9.59 Å². The lowest BCUT2D eigenvalue weighted by Gasteiger charge is -2.32. The molecule has 6 heteroatoms. The molecule has 0 aliphatic heterocycles. The van der Waals surface area contributed by atoms with Crippen molar-refractivity contribution < 1.29 is 9.59 Å². The highest BCUT2D eigenvalue weighted by Crippen LogP contribution is 2.26. The zero-order chi connectivity index (χ0) is 23.8. The largest absolute Gasteiger partial charge is 0.352 e. The van der Waals surface area contributed by atoms with E-state index in [2.05, 4.69) is 5.32 Å². The van der Waals surface area contributed by atoms with E-state index in [1.165, 1.54) is 0 Å². The average Bonchev–Trinajstić information content (AvgIpc) is 2.79. The molecule has 1 atom stereocenters. The maximum absolute atomic E-state index is 13.7. The maximum atomic E-state index is 13.7. The van der Waals surface area contributed by atoms with Crippen LogP contribution in [-0.2, 0) is 29.0 Å². The maximum Gasteiger partial charge on any atom is 0.243 e. The van der Waals surface area contributed by atoms with Gasteiger partial charge in [-0.1, -0.05) is 89.9 Å². The third-order valence-corrected chi connectivity index (χ3v) is 6.00. The Morgan fingerprint density at radius 2 is 1.36 bits per heavy atom. The van der Waals surface area contributed by atoms with Gasteiger partial charge in [-0.25, -0.2) is 0 Å². The number of benzene rings is 3. The van der Waals surface area contributed by atoms with Crippen molar-refractivity contribution in [2.75, 3.05) is 0 Å². The molecule has 4 nitrogen and oxygen atoms in total. The normalized spacial score (nSPS) is 11.8. The lowest BCUT2D eigenvalue weighted by Crippen LogP contribution is -2.52. The summed E-state index contributed by atoms with van der Waals surface area (Å²) in [5.41, 5.74) is 2.47. The predicted molar refractivity (Wildman–Crippen MR) is 134 cm³/mol. The molecule has 1 unspecified atom stereocenters. The summed E-state index contributed by atoms with van der Waals surface area (Å²) in [6, 6.07) is 23.8. The summed E-state index contributed by atoms with van der Waals surface area (Å²) in [7, 11) is 0. The average molecular weight is 483 g/mol. The number of hydrogen-bond acceptors (Lipinski definition) is 2. The fourth-order valence-corrected chi connectivity index (χ4v) is 4.20. The molecule has 3 aromatic rings. The topological polar surface area (TPSA) is 49.4 Å². The standard InChI is InChI=1S/C27H28Cl2N2O2/c1-19(2)30-27(33)25(16-20-10-5-3-6-11-20)31(18-21-12-7-4-8-13-21)26(32)17-22-23(28)14-9-15-24(22)29/h3-15,19,25H,16-18H2,1-2H3,(H,30,33). The van der Waals surface area contributed by atoms with Crippen molar-refractivity contribution in [1.29, 1.82) is 0 Å². The Bertz CT molecular complexity index is 1050. The van der Waals surface area contributed by atoms with Gasteiger partial charge in [-0.3, -0.25) is 9.59 Å². The van der Waals surface area contributed by atoms with Gasteiger partial charge in [0, 0.05) is 29.1 Å². The predicted octanol–water partition coefficient (Wildman–Crippen LogP) is 5.70. The molecule has 0 spiro atoms. The van der Waals surface area contributed by atoms with Crippen LogP contribution in [0.5, 0.6) is 0 Å². The first kappa shape index (κ1) is 24.8. The molecule has 3 aromatic carbocycles. The second-order valence-electron chi connectivity index (χ2n) is 8.25. The van der Waals surface area contributed by atoms with Gasteiger partial charge < -0.3 is 10.2 Å². The van der Waals surface area contributed by atoms with E-state index in [-0.39, 0.29) is 24.3 Å². The number of hydrogen-bond donors (Lipinski definition) is 1. The van der Waals surface area contributed by atoms with E-state index in [1.807, 2.05) is 74.5 Å². The van der Waals surface area contributed by atoms with Crippen molar-refractivity contribution in [3.05, 3.63) is 106 Å². The van der Waals surface area contributed by atoms with Crippen LogP contribution in [0.4, 0.5) is 0 Å². The summed E-state index contributed by atoms with van der Waals surface area (Å²) in [5.74, 6) is -0.405. The molecule has 3 rings (SSSR count). The first-order chi connectivity index (χ1) is 15.8. The van der Waals surface area contributed by atoms with Gasteiger partial charge in [0.05, 0.1) is 6.42 Å². The quantitative estimate of drug-likeness (QED) is 0.425. The van der Waals surface area contributed by atoms with Crippen LogP contribution in [0.1, 0.15) is 30.5 Å². The van der Waals surface area contributed by atoms with E-state index < -0.39 is 6.04 Å². The number of carbonyl (C=O) groups excluding carboxylic acids is 2. The number of nitrogens with one attached hydrogen (secondary N) is 1. The fraction of sp³-hybridized carbons (Fsp3) is 0.259.